The summed E-state index contributed by atoms with van der Waals surface area (Å²) in [6, 6.07) is 4.54. The van der Waals surface area contributed by atoms with Gasteiger partial charge in [0, 0.05) is 23.2 Å². The van der Waals surface area contributed by atoms with Crippen LogP contribution < -0.4 is 5.32 Å². The predicted octanol–water partition coefficient (Wildman–Crippen LogP) is 7.38. The lowest BCUT2D eigenvalue weighted by Crippen LogP contribution is -2.18. The van der Waals surface area contributed by atoms with Crippen molar-refractivity contribution in [2.45, 2.75) is 17.8 Å². The molecule has 0 spiro atoms. The maximum atomic E-state index is 6.05. The molecule has 0 unspecified atom stereocenters. The van der Waals surface area contributed by atoms with E-state index in [0.717, 1.165) is 13.0 Å². The minimum absolute atomic E-state index is 0.0904. The summed E-state index contributed by atoms with van der Waals surface area (Å²) in [6.07, 6.45) is 0.831. The molecule has 0 amide bonds. The molecular weight excluding hydrogens is 593 g/mol. The number of nitrogens with one attached hydrogen (secondary N) is 1. The Morgan fingerprint density at radius 3 is 1.77 bits per heavy atom. The topological polar surface area (TPSA) is 53.9 Å². The van der Waals surface area contributed by atoms with Crippen LogP contribution in [0, 0.1) is 0 Å². The molecule has 0 aliphatic rings. The maximum Gasteiger partial charge on any atom is 0.250 e. The summed E-state index contributed by atoms with van der Waals surface area (Å²) in [5.74, 6) is 0.255. The Labute approximate surface area is 225 Å². The molecule has 1 aromatic heterocycles. The van der Waals surface area contributed by atoms with Gasteiger partial charge in [0.05, 0.1) is 0 Å². The number of halogens is 9. The molecule has 0 radical (unpaired) electrons. The molecule has 5 nitrogen and oxygen atoms in total. The molecule has 0 aliphatic carbocycles. The van der Waals surface area contributed by atoms with Crippen LogP contribution in [0.25, 0.3) is 11.4 Å². The van der Waals surface area contributed by atoms with Gasteiger partial charge in [-0.2, -0.15) is 9.97 Å². The highest BCUT2D eigenvalue weighted by molar-refractivity contribution is 6.68. The molecule has 0 saturated carbocycles. The molecule has 2 aromatic rings. The molecule has 14 heteroatoms. The number of hydrogen-bond acceptors (Lipinski definition) is 5. The van der Waals surface area contributed by atoms with Crippen LogP contribution >= 0.6 is 104 Å². The molecule has 0 bridgehead atoms. The number of anilines is 1. The van der Waals surface area contributed by atoms with E-state index in [2.05, 4.69) is 20.3 Å². The lowest BCUT2D eigenvalue weighted by atomic mass is 10.1. The highest BCUT2D eigenvalue weighted by Gasteiger charge is 2.32. The number of rotatable bonds is 6. The molecule has 0 aliphatic heterocycles. The van der Waals surface area contributed by atoms with Crippen LogP contribution in [0.3, 0.4) is 0 Å². The Morgan fingerprint density at radius 2 is 1.32 bits per heavy atom. The first kappa shape index (κ1) is 27.8. The van der Waals surface area contributed by atoms with Crippen LogP contribution in [0.1, 0.15) is 23.4 Å². The zero-order valence-corrected chi connectivity index (χ0v) is 22.8. The van der Waals surface area contributed by atoms with E-state index in [0.29, 0.717) is 12.1 Å². The van der Waals surface area contributed by atoms with Gasteiger partial charge in [0.1, 0.15) is 0 Å². The van der Waals surface area contributed by atoms with Crippen molar-refractivity contribution >= 4 is 110 Å². The van der Waals surface area contributed by atoms with Crippen molar-refractivity contribution in [1.29, 1.82) is 0 Å². The second kappa shape index (κ2) is 10.9. The minimum atomic E-state index is -1.90. The van der Waals surface area contributed by atoms with Gasteiger partial charge in [-0.05, 0) is 45.3 Å². The van der Waals surface area contributed by atoms with Gasteiger partial charge in [0.2, 0.25) is 17.3 Å². The Hall–Kier alpha value is 0.600. The summed E-state index contributed by atoms with van der Waals surface area (Å²) in [5.41, 5.74) is 0.861. The van der Waals surface area contributed by atoms with Crippen molar-refractivity contribution in [3.63, 3.8) is 0 Å². The van der Waals surface area contributed by atoms with E-state index >= 15 is 0 Å². The molecule has 0 fully saturated rings. The first-order valence-corrected chi connectivity index (χ1v) is 12.0. The molecular formula is C17H16Cl9N5. The van der Waals surface area contributed by atoms with Crippen LogP contribution in [0.5, 0.6) is 0 Å². The fourth-order valence-corrected chi connectivity index (χ4v) is 3.30. The smallest absolute Gasteiger partial charge is 0.250 e. The summed E-state index contributed by atoms with van der Waals surface area (Å²) in [7, 11) is 3.95. The summed E-state index contributed by atoms with van der Waals surface area (Å²) >= 11 is 54.4. The van der Waals surface area contributed by atoms with E-state index in [1.165, 1.54) is 6.07 Å². The van der Waals surface area contributed by atoms with Crippen molar-refractivity contribution in [3.8, 4) is 11.4 Å². The Kier molecular flexibility index (Phi) is 9.79. The lowest BCUT2D eigenvalue weighted by molar-refractivity contribution is 0.405. The normalized spacial score (nSPS) is 13.0. The van der Waals surface area contributed by atoms with Crippen LogP contribution in [-0.2, 0) is 11.4 Å². The molecule has 1 aromatic carbocycles. The van der Waals surface area contributed by atoms with Gasteiger partial charge in [0.15, 0.2) is 11.6 Å². The second-order valence-corrected chi connectivity index (χ2v) is 13.5. The molecule has 1 N–H and O–H groups in total. The van der Waals surface area contributed by atoms with Gasteiger partial charge >= 0.3 is 0 Å². The van der Waals surface area contributed by atoms with Gasteiger partial charge in [-0.25, -0.2) is 4.98 Å². The average molecular weight is 609 g/mol. The van der Waals surface area contributed by atoms with Crippen LogP contribution in [0.15, 0.2) is 18.2 Å². The van der Waals surface area contributed by atoms with Crippen molar-refractivity contribution in [3.05, 3.63) is 35.2 Å². The van der Waals surface area contributed by atoms with E-state index in [4.69, 9.17) is 104 Å². The second-order valence-electron chi connectivity index (χ2n) is 6.68. The van der Waals surface area contributed by atoms with Crippen LogP contribution in [-0.4, -0.2) is 47.0 Å². The Balaban J connectivity index is 2.56. The van der Waals surface area contributed by atoms with Gasteiger partial charge in [-0.1, -0.05) is 104 Å². The molecule has 0 atom stereocenters. The highest BCUT2D eigenvalue weighted by Crippen LogP contribution is 2.45. The van der Waals surface area contributed by atoms with E-state index in [1.54, 1.807) is 12.1 Å². The fourth-order valence-electron chi connectivity index (χ4n) is 2.39. The Morgan fingerprint density at radius 1 is 0.774 bits per heavy atom. The molecule has 0 saturated heterocycles. The predicted molar refractivity (Wildman–Crippen MR) is 135 cm³/mol. The first-order chi connectivity index (χ1) is 14.1. The van der Waals surface area contributed by atoms with Crippen LogP contribution in [0.2, 0.25) is 0 Å². The maximum absolute atomic E-state index is 6.05. The van der Waals surface area contributed by atoms with Crippen molar-refractivity contribution < 1.29 is 0 Å². The zero-order valence-electron chi connectivity index (χ0n) is 16.0. The number of hydrogen-bond donors (Lipinski definition) is 1. The summed E-state index contributed by atoms with van der Waals surface area (Å²) in [4.78, 5) is 14.9. The summed E-state index contributed by atoms with van der Waals surface area (Å²) in [5, 5.41) is 3.09. The van der Waals surface area contributed by atoms with E-state index in [9.17, 15) is 0 Å². The number of nitrogens with zero attached hydrogens (tertiary/aromatic N) is 4. The van der Waals surface area contributed by atoms with Gasteiger partial charge in [-0.3, -0.25) is 0 Å². The molecule has 1 heterocycles. The standard InChI is InChI=1S/C17H16Cl9N5/c1-31(2)5-3-4-27-14-29-12(28-13(30-14)17(24,25)26)9-6-10(15(18,19)20)8-11(7-9)16(21,22)23/h6-8H,3-5H2,1-2H3,(H,27,28,29,30). The average Bonchev–Trinajstić information content (AvgIpc) is 2.62. The number of alkyl halides is 9. The Bertz CT molecular complexity index is 872. The highest BCUT2D eigenvalue weighted by atomic mass is 35.6. The third-order valence-electron chi connectivity index (χ3n) is 3.80. The van der Waals surface area contributed by atoms with Gasteiger partial charge < -0.3 is 10.2 Å². The monoisotopic (exact) mass is 605 g/mol. The largest absolute Gasteiger partial charge is 0.354 e. The van der Waals surface area contributed by atoms with Crippen molar-refractivity contribution in [1.82, 2.24) is 19.9 Å². The van der Waals surface area contributed by atoms with E-state index in [-0.39, 0.29) is 28.7 Å². The van der Waals surface area contributed by atoms with Crippen LogP contribution in [0.4, 0.5) is 5.95 Å². The first-order valence-electron chi connectivity index (χ1n) is 8.59. The number of aromatic nitrogens is 3. The van der Waals surface area contributed by atoms with Crippen molar-refractivity contribution in [2.75, 3.05) is 32.5 Å². The van der Waals surface area contributed by atoms with Crippen molar-refractivity contribution in [2.24, 2.45) is 0 Å². The van der Waals surface area contributed by atoms with E-state index in [1.807, 2.05) is 19.0 Å². The number of benzene rings is 1. The third kappa shape index (κ3) is 8.71. The minimum Gasteiger partial charge on any atom is -0.354 e. The summed E-state index contributed by atoms with van der Waals surface area (Å²) in [6.45, 7) is 1.44. The SMILES string of the molecule is CN(C)CCCNc1nc(-c2cc(C(Cl)(Cl)Cl)cc(C(Cl)(Cl)Cl)c2)nc(C(Cl)(Cl)Cl)n1. The molecule has 31 heavy (non-hydrogen) atoms. The van der Waals surface area contributed by atoms with Gasteiger partial charge in [0.25, 0.3) is 0 Å². The van der Waals surface area contributed by atoms with Gasteiger partial charge in [-0.15, -0.1) is 0 Å². The quantitative estimate of drug-likeness (QED) is 0.274. The fraction of sp³-hybridized carbons (Fsp3) is 0.471. The van der Waals surface area contributed by atoms with E-state index < -0.39 is 11.4 Å². The third-order valence-corrected chi connectivity index (χ3v) is 5.62. The zero-order chi connectivity index (χ0) is 23.6. The molecule has 172 valence electrons. The molecule has 2 rings (SSSR count). The lowest BCUT2D eigenvalue weighted by Gasteiger charge is -2.19. The summed E-state index contributed by atoms with van der Waals surface area (Å²) < 4.78 is -5.49.